The van der Waals surface area contributed by atoms with E-state index in [1.165, 1.54) is 4.52 Å². The zero-order chi connectivity index (χ0) is 20.9. The molecule has 1 saturated heterocycles. The van der Waals surface area contributed by atoms with E-state index in [1.807, 2.05) is 38.7 Å². The Labute approximate surface area is 169 Å². The van der Waals surface area contributed by atoms with E-state index >= 15 is 0 Å². The van der Waals surface area contributed by atoms with Crippen molar-refractivity contribution in [3.63, 3.8) is 0 Å². The van der Waals surface area contributed by atoms with Gasteiger partial charge in [0.05, 0.1) is 24.0 Å². The molecule has 0 spiro atoms. The topological polar surface area (TPSA) is 90.8 Å². The molecule has 4 rings (SSSR count). The average Bonchev–Trinajstić information content (AvgIpc) is 3.32. The van der Waals surface area contributed by atoms with Crippen molar-refractivity contribution in [3.05, 3.63) is 33.4 Å². The minimum Gasteiger partial charge on any atom is -0.336 e. The van der Waals surface area contributed by atoms with Crippen LogP contribution in [0.5, 0.6) is 0 Å². The summed E-state index contributed by atoms with van der Waals surface area (Å²) in [6, 6.07) is 1.83. The molecule has 0 aromatic carbocycles. The summed E-state index contributed by atoms with van der Waals surface area (Å²) in [5.41, 5.74) is 2.17. The minimum atomic E-state index is -0.463. The van der Waals surface area contributed by atoms with Gasteiger partial charge in [-0.25, -0.2) is 9.50 Å². The molecule has 2 aliphatic heterocycles. The monoisotopic (exact) mass is 399 g/mol. The molecule has 0 saturated carbocycles. The molecule has 0 unspecified atom stereocenters. The fourth-order valence-electron chi connectivity index (χ4n) is 4.42. The van der Waals surface area contributed by atoms with Gasteiger partial charge in [-0.2, -0.15) is 0 Å². The van der Waals surface area contributed by atoms with Gasteiger partial charge < -0.3 is 9.80 Å². The third kappa shape index (κ3) is 3.34. The Bertz CT molecular complexity index is 1030. The van der Waals surface area contributed by atoms with E-state index in [1.54, 1.807) is 4.90 Å². The van der Waals surface area contributed by atoms with Crippen molar-refractivity contribution in [2.75, 3.05) is 13.1 Å². The van der Waals surface area contributed by atoms with Gasteiger partial charge >= 0.3 is 0 Å². The summed E-state index contributed by atoms with van der Waals surface area (Å²) in [5, 5.41) is 3.19. The maximum Gasteiger partial charge on any atom is 0.276 e. The lowest BCUT2D eigenvalue weighted by Gasteiger charge is -2.32. The molecule has 2 aromatic heterocycles. The number of rotatable bonds is 2. The number of aromatic nitrogens is 3. The summed E-state index contributed by atoms with van der Waals surface area (Å²) in [6.45, 7) is 9.21. The first-order valence-corrected chi connectivity index (χ1v) is 10.4. The van der Waals surface area contributed by atoms with Crippen LogP contribution in [0, 0.1) is 5.41 Å². The van der Waals surface area contributed by atoms with Gasteiger partial charge in [0.15, 0.2) is 5.65 Å². The molecule has 4 heterocycles. The molecule has 156 valence electrons. The van der Waals surface area contributed by atoms with Crippen LogP contribution in [0.2, 0.25) is 0 Å². The predicted molar refractivity (Wildman–Crippen MR) is 108 cm³/mol. The van der Waals surface area contributed by atoms with E-state index in [0.717, 1.165) is 25.1 Å². The van der Waals surface area contributed by atoms with Crippen molar-refractivity contribution in [2.45, 2.75) is 66.0 Å². The summed E-state index contributed by atoms with van der Waals surface area (Å²) in [6.07, 6.45) is 2.81. The first-order valence-electron chi connectivity index (χ1n) is 10.4. The molecule has 0 radical (unpaired) electrons. The molecular formula is C21H29N5O3. The maximum absolute atomic E-state index is 13.1. The van der Waals surface area contributed by atoms with E-state index in [9.17, 15) is 14.4 Å². The lowest BCUT2D eigenvalue weighted by Crippen LogP contribution is -2.44. The van der Waals surface area contributed by atoms with Crippen LogP contribution in [0.3, 0.4) is 0 Å². The Balaban J connectivity index is 1.69. The molecule has 0 aliphatic carbocycles. The Kier molecular flexibility index (Phi) is 4.75. The van der Waals surface area contributed by atoms with Crippen molar-refractivity contribution in [2.24, 2.45) is 5.41 Å². The van der Waals surface area contributed by atoms with Crippen LogP contribution in [0.1, 0.15) is 70.0 Å². The van der Waals surface area contributed by atoms with Crippen molar-refractivity contribution in [1.29, 1.82) is 0 Å². The van der Waals surface area contributed by atoms with Crippen molar-refractivity contribution in [3.8, 4) is 0 Å². The van der Waals surface area contributed by atoms with Crippen LogP contribution in [-0.2, 0) is 22.6 Å². The number of nitrogens with one attached hydrogen (secondary N) is 1. The SMILES string of the molecule is CCC(=O)N1CCC[C@H]1c1cc2nc3c(c(=O)n2[nH]1)CCN(C(=O)C(C)(C)C)C3. The van der Waals surface area contributed by atoms with Gasteiger partial charge in [-0.1, -0.05) is 27.7 Å². The Morgan fingerprint density at radius 1 is 1.28 bits per heavy atom. The third-order valence-corrected chi connectivity index (χ3v) is 5.95. The molecule has 8 nitrogen and oxygen atoms in total. The second-order valence-electron chi connectivity index (χ2n) is 9.07. The summed E-state index contributed by atoms with van der Waals surface area (Å²) >= 11 is 0. The van der Waals surface area contributed by atoms with E-state index in [2.05, 4.69) is 5.10 Å². The van der Waals surface area contributed by atoms with Crippen LogP contribution in [0.25, 0.3) is 5.65 Å². The number of hydrogen-bond acceptors (Lipinski definition) is 4. The second kappa shape index (κ2) is 7.00. The van der Waals surface area contributed by atoms with Gasteiger partial charge in [-0.3, -0.25) is 19.5 Å². The van der Waals surface area contributed by atoms with Crippen LogP contribution >= 0.6 is 0 Å². The van der Waals surface area contributed by atoms with E-state index in [-0.39, 0.29) is 23.4 Å². The van der Waals surface area contributed by atoms with Gasteiger partial charge in [0, 0.05) is 36.6 Å². The molecule has 8 heteroatoms. The van der Waals surface area contributed by atoms with Crippen molar-refractivity contribution in [1.82, 2.24) is 24.4 Å². The lowest BCUT2D eigenvalue weighted by atomic mass is 9.93. The predicted octanol–water partition coefficient (Wildman–Crippen LogP) is 2.03. The number of likely N-dealkylation sites (tertiary alicyclic amines) is 1. The zero-order valence-electron chi connectivity index (χ0n) is 17.6. The maximum atomic E-state index is 13.1. The van der Waals surface area contributed by atoms with Gasteiger partial charge in [0.25, 0.3) is 5.56 Å². The number of H-pyrrole nitrogens is 1. The first kappa shape index (κ1) is 19.7. The molecule has 1 atom stereocenters. The summed E-state index contributed by atoms with van der Waals surface area (Å²) in [4.78, 5) is 46.4. The molecule has 2 amide bonds. The number of carbonyl (C=O) groups excluding carboxylic acids is 2. The largest absolute Gasteiger partial charge is 0.336 e. The Morgan fingerprint density at radius 2 is 2.03 bits per heavy atom. The Morgan fingerprint density at radius 3 is 2.72 bits per heavy atom. The first-order chi connectivity index (χ1) is 13.7. The number of aromatic amines is 1. The van der Waals surface area contributed by atoms with Crippen LogP contribution in [0.4, 0.5) is 0 Å². The number of amides is 2. The van der Waals surface area contributed by atoms with E-state index in [0.29, 0.717) is 42.8 Å². The zero-order valence-corrected chi connectivity index (χ0v) is 17.6. The highest BCUT2D eigenvalue weighted by Gasteiger charge is 2.33. The number of hydrogen-bond donors (Lipinski definition) is 1. The normalized spacial score (nSPS) is 19.7. The third-order valence-electron chi connectivity index (χ3n) is 5.95. The van der Waals surface area contributed by atoms with Gasteiger partial charge in [-0.15, -0.1) is 0 Å². The molecule has 1 N–H and O–H groups in total. The lowest BCUT2D eigenvalue weighted by molar-refractivity contribution is -0.140. The molecule has 2 aliphatic rings. The standard InChI is InChI=1S/C21H29N5O3/c1-5-18(27)25-9-6-7-16(25)14-11-17-22-15-12-24(20(29)21(2,3)4)10-8-13(15)19(28)26(17)23-14/h11,16,23H,5-10,12H2,1-4H3/t16-/m0/s1. The molecule has 0 bridgehead atoms. The molecule has 1 fully saturated rings. The highest BCUT2D eigenvalue weighted by molar-refractivity contribution is 5.81. The summed E-state index contributed by atoms with van der Waals surface area (Å²) in [5.74, 6) is 0.196. The van der Waals surface area contributed by atoms with Crippen molar-refractivity contribution >= 4 is 17.5 Å². The van der Waals surface area contributed by atoms with Gasteiger partial charge in [0.2, 0.25) is 11.8 Å². The summed E-state index contributed by atoms with van der Waals surface area (Å²) in [7, 11) is 0. The highest BCUT2D eigenvalue weighted by atomic mass is 16.2. The number of fused-ring (bicyclic) bond motifs is 2. The van der Waals surface area contributed by atoms with Crippen LogP contribution in [0.15, 0.2) is 10.9 Å². The number of nitrogens with zero attached hydrogens (tertiary/aromatic N) is 4. The molecule has 29 heavy (non-hydrogen) atoms. The summed E-state index contributed by atoms with van der Waals surface area (Å²) < 4.78 is 1.49. The smallest absolute Gasteiger partial charge is 0.276 e. The van der Waals surface area contributed by atoms with Crippen LogP contribution in [-0.4, -0.2) is 49.3 Å². The van der Waals surface area contributed by atoms with Crippen molar-refractivity contribution < 1.29 is 9.59 Å². The molecular weight excluding hydrogens is 370 g/mol. The fourth-order valence-corrected chi connectivity index (χ4v) is 4.42. The van der Waals surface area contributed by atoms with E-state index in [4.69, 9.17) is 4.98 Å². The van der Waals surface area contributed by atoms with Gasteiger partial charge in [0.1, 0.15) is 0 Å². The molecule has 2 aromatic rings. The van der Waals surface area contributed by atoms with Gasteiger partial charge in [-0.05, 0) is 19.3 Å². The minimum absolute atomic E-state index is 0.0421. The Hall–Kier alpha value is -2.64. The highest BCUT2D eigenvalue weighted by Crippen LogP contribution is 2.32. The number of carbonyl (C=O) groups is 2. The van der Waals surface area contributed by atoms with Crippen LogP contribution < -0.4 is 5.56 Å². The fraction of sp³-hybridized carbons (Fsp3) is 0.619. The average molecular weight is 399 g/mol. The quantitative estimate of drug-likeness (QED) is 0.837. The second-order valence-corrected chi connectivity index (χ2v) is 9.07. The van der Waals surface area contributed by atoms with E-state index < -0.39 is 5.41 Å².